The van der Waals surface area contributed by atoms with Crippen LogP contribution < -0.4 is 4.90 Å². The minimum Gasteiger partial charge on any atom is -0.389 e. The quantitative estimate of drug-likeness (QED) is 0.895. The number of aryl methyl sites for hydroxylation is 1. The second-order valence-electron chi connectivity index (χ2n) is 4.72. The Balaban J connectivity index is 2.52. The Morgan fingerprint density at radius 3 is 2.42 bits per heavy atom. The van der Waals surface area contributed by atoms with Crippen molar-refractivity contribution in [2.24, 2.45) is 0 Å². The molecule has 0 aromatic heterocycles. The molecular formula is C16H18BrNO. The number of para-hydroxylation sites is 1. The third kappa shape index (κ3) is 2.99. The van der Waals surface area contributed by atoms with E-state index in [9.17, 15) is 5.11 Å². The summed E-state index contributed by atoms with van der Waals surface area (Å²) in [6, 6.07) is 14.2. The Kier molecular flexibility index (Phi) is 4.27. The SMILES string of the molecule is Cc1ccccc1N(C)c1cc(Br)ccc1C(C)O. The molecule has 0 amide bonds. The van der Waals surface area contributed by atoms with E-state index in [1.807, 2.05) is 37.4 Å². The van der Waals surface area contributed by atoms with Gasteiger partial charge in [-0.25, -0.2) is 0 Å². The summed E-state index contributed by atoms with van der Waals surface area (Å²) < 4.78 is 1.01. The molecule has 2 nitrogen and oxygen atoms in total. The molecule has 1 unspecified atom stereocenters. The van der Waals surface area contributed by atoms with Gasteiger partial charge in [0.15, 0.2) is 0 Å². The molecule has 1 N–H and O–H groups in total. The largest absolute Gasteiger partial charge is 0.389 e. The van der Waals surface area contributed by atoms with Crippen LogP contribution >= 0.6 is 15.9 Å². The Bertz CT molecular complexity index is 581. The molecule has 0 aliphatic carbocycles. The summed E-state index contributed by atoms with van der Waals surface area (Å²) in [5.41, 5.74) is 4.29. The molecule has 0 spiro atoms. The molecule has 0 saturated heterocycles. The number of anilines is 2. The van der Waals surface area contributed by atoms with Crippen molar-refractivity contribution in [2.45, 2.75) is 20.0 Å². The summed E-state index contributed by atoms with van der Waals surface area (Å²) in [7, 11) is 2.02. The van der Waals surface area contributed by atoms with Gasteiger partial charge in [0.1, 0.15) is 0 Å². The first-order chi connectivity index (χ1) is 9.00. The molecule has 0 fully saturated rings. The van der Waals surface area contributed by atoms with Crippen molar-refractivity contribution in [1.29, 1.82) is 0 Å². The number of benzene rings is 2. The molecule has 19 heavy (non-hydrogen) atoms. The zero-order chi connectivity index (χ0) is 14.0. The highest BCUT2D eigenvalue weighted by Crippen LogP contribution is 2.34. The highest BCUT2D eigenvalue weighted by Gasteiger charge is 2.14. The van der Waals surface area contributed by atoms with E-state index in [4.69, 9.17) is 0 Å². The minimum absolute atomic E-state index is 0.491. The average Bonchev–Trinajstić information content (AvgIpc) is 2.38. The van der Waals surface area contributed by atoms with Crippen molar-refractivity contribution in [1.82, 2.24) is 0 Å². The standard InChI is InChI=1S/C16H18BrNO/c1-11-6-4-5-7-15(11)18(3)16-10-13(17)8-9-14(16)12(2)19/h4-10,12,19H,1-3H3. The highest BCUT2D eigenvalue weighted by atomic mass is 79.9. The van der Waals surface area contributed by atoms with Crippen LogP contribution in [0.25, 0.3) is 0 Å². The molecule has 3 heteroatoms. The number of halogens is 1. The van der Waals surface area contributed by atoms with Crippen LogP contribution in [0.5, 0.6) is 0 Å². The fraction of sp³-hybridized carbons (Fsp3) is 0.250. The van der Waals surface area contributed by atoms with Crippen molar-refractivity contribution in [3.63, 3.8) is 0 Å². The van der Waals surface area contributed by atoms with Crippen molar-refractivity contribution in [3.05, 3.63) is 58.1 Å². The van der Waals surface area contributed by atoms with Gasteiger partial charge >= 0.3 is 0 Å². The van der Waals surface area contributed by atoms with Crippen LogP contribution in [0.15, 0.2) is 46.9 Å². The van der Waals surface area contributed by atoms with Gasteiger partial charge in [-0.3, -0.25) is 0 Å². The van der Waals surface area contributed by atoms with E-state index in [0.717, 1.165) is 21.4 Å². The van der Waals surface area contributed by atoms with E-state index in [1.54, 1.807) is 6.92 Å². The average molecular weight is 320 g/mol. The van der Waals surface area contributed by atoms with Crippen molar-refractivity contribution < 1.29 is 5.11 Å². The molecule has 2 rings (SSSR count). The second-order valence-corrected chi connectivity index (χ2v) is 5.64. The van der Waals surface area contributed by atoms with Gasteiger partial charge < -0.3 is 10.0 Å². The van der Waals surface area contributed by atoms with E-state index in [1.165, 1.54) is 5.56 Å². The zero-order valence-electron chi connectivity index (χ0n) is 11.4. The number of aliphatic hydroxyl groups excluding tert-OH is 1. The van der Waals surface area contributed by atoms with Crippen molar-refractivity contribution in [3.8, 4) is 0 Å². The minimum atomic E-state index is -0.491. The third-order valence-electron chi connectivity index (χ3n) is 3.28. The van der Waals surface area contributed by atoms with Gasteiger partial charge in [0.2, 0.25) is 0 Å². The van der Waals surface area contributed by atoms with E-state index in [0.29, 0.717) is 0 Å². The first-order valence-corrected chi connectivity index (χ1v) is 7.07. The molecule has 0 heterocycles. The molecule has 0 aliphatic rings. The summed E-state index contributed by atoms with van der Waals surface area (Å²) >= 11 is 3.50. The lowest BCUT2D eigenvalue weighted by Gasteiger charge is -2.25. The van der Waals surface area contributed by atoms with Gasteiger partial charge in [-0.2, -0.15) is 0 Å². The van der Waals surface area contributed by atoms with Crippen LogP contribution in [-0.4, -0.2) is 12.2 Å². The molecule has 0 saturated carbocycles. The smallest absolute Gasteiger partial charge is 0.0782 e. The van der Waals surface area contributed by atoms with Crippen LogP contribution in [0.1, 0.15) is 24.2 Å². The number of nitrogens with zero attached hydrogens (tertiary/aromatic N) is 1. The van der Waals surface area contributed by atoms with Gasteiger partial charge in [-0.05, 0) is 37.6 Å². The van der Waals surface area contributed by atoms with Crippen LogP contribution in [0.2, 0.25) is 0 Å². The number of hydrogen-bond acceptors (Lipinski definition) is 2. The topological polar surface area (TPSA) is 23.5 Å². The summed E-state index contributed by atoms with van der Waals surface area (Å²) in [4.78, 5) is 2.11. The maximum atomic E-state index is 9.92. The van der Waals surface area contributed by atoms with E-state index in [2.05, 4.69) is 39.9 Å². The van der Waals surface area contributed by atoms with Gasteiger partial charge in [0.25, 0.3) is 0 Å². The normalized spacial score (nSPS) is 12.3. The second kappa shape index (κ2) is 5.76. The molecule has 0 radical (unpaired) electrons. The van der Waals surface area contributed by atoms with E-state index < -0.39 is 6.10 Å². The van der Waals surface area contributed by atoms with Crippen molar-refractivity contribution in [2.75, 3.05) is 11.9 Å². The van der Waals surface area contributed by atoms with Crippen LogP contribution in [0.4, 0.5) is 11.4 Å². The number of rotatable bonds is 3. The summed E-state index contributed by atoms with van der Waals surface area (Å²) in [5.74, 6) is 0. The first-order valence-electron chi connectivity index (χ1n) is 6.27. The Labute approximate surface area is 122 Å². The van der Waals surface area contributed by atoms with Gasteiger partial charge in [0.05, 0.1) is 6.10 Å². The molecule has 0 bridgehead atoms. The monoisotopic (exact) mass is 319 g/mol. The molecular weight excluding hydrogens is 302 g/mol. The number of hydrogen-bond donors (Lipinski definition) is 1. The third-order valence-corrected chi connectivity index (χ3v) is 3.77. The molecule has 100 valence electrons. The van der Waals surface area contributed by atoms with Crippen LogP contribution in [0, 0.1) is 6.92 Å². The van der Waals surface area contributed by atoms with Crippen LogP contribution in [-0.2, 0) is 0 Å². The van der Waals surface area contributed by atoms with Crippen molar-refractivity contribution >= 4 is 27.3 Å². The Morgan fingerprint density at radius 2 is 1.79 bits per heavy atom. The zero-order valence-corrected chi connectivity index (χ0v) is 13.0. The maximum absolute atomic E-state index is 9.92. The predicted octanol–water partition coefficient (Wildman–Crippen LogP) is 4.58. The first kappa shape index (κ1) is 14.1. The highest BCUT2D eigenvalue weighted by molar-refractivity contribution is 9.10. The lowest BCUT2D eigenvalue weighted by atomic mass is 10.1. The number of aliphatic hydroxyl groups is 1. The molecule has 2 aromatic carbocycles. The fourth-order valence-electron chi connectivity index (χ4n) is 2.23. The summed E-state index contributed by atoms with van der Waals surface area (Å²) in [5, 5.41) is 9.92. The summed E-state index contributed by atoms with van der Waals surface area (Å²) in [6.45, 7) is 3.88. The molecule has 0 aliphatic heterocycles. The van der Waals surface area contributed by atoms with E-state index >= 15 is 0 Å². The van der Waals surface area contributed by atoms with E-state index in [-0.39, 0.29) is 0 Å². The molecule has 1 atom stereocenters. The van der Waals surface area contributed by atoms with Crippen LogP contribution in [0.3, 0.4) is 0 Å². The molecule has 2 aromatic rings. The van der Waals surface area contributed by atoms with Gasteiger partial charge in [0, 0.05) is 28.5 Å². The fourth-order valence-corrected chi connectivity index (χ4v) is 2.58. The Morgan fingerprint density at radius 1 is 1.11 bits per heavy atom. The summed E-state index contributed by atoms with van der Waals surface area (Å²) in [6.07, 6.45) is -0.491. The van der Waals surface area contributed by atoms with Gasteiger partial charge in [-0.15, -0.1) is 0 Å². The lowest BCUT2D eigenvalue weighted by molar-refractivity contribution is 0.200. The lowest BCUT2D eigenvalue weighted by Crippen LogP contribution is -2.14. The predicted molar refractivity (Wildman–Crippen MR) is 84.0 cm³/mol. The maximum Gasteiger partial charge on any atom is 0.0782 e. The van der Waals surface area contributed by atoms with Gasteiger partial charge in [-0.1, -0.05) is 40.2 Å². The Hall–Kier alpha value is -1.32.